The number of benzene rings is 1. The molecular weight excluding hydrogens is 174 g/mol. The van der Waals surface area contributed by atoms with E-state index in [9.17, 15) is 5.11 Å². The van der Waals surface area contributed by atoms with Crippen LogP contribution in [-0.4, -0.2) is 11.7 Å². The van der Waals surface area contributed by atoms with Gasteiger partial charge in [-0.3, -0.25) is 0 Å². The minimum absolute atomic E-state index is 0.184. The van der Waals surface area contributed by atoms with E-state index in [1.54, 1.807) is 6.07 Å². The summed E-state index contributed by atoms with van der Waals surface area (Å²) in [5.74, 6) is 1.24. The molecule has 1 aromatic carbocycles. The van der Waals surface area contributed by atoms with Gasteiger partial charge in [0.05, 0.1) is 0 Å². The maximum absolute atomic E-state index is 9.47. The third kappa shape index (κ3) is 1.07. The molecule has 3 rings (SSSR count). The van der Waals surface area contributed by atoms with Crippen molar-refractivity contribution in [2.75, 3.05) is 6.54 Å². The first-order valence-electron chi connectivity index (χ1n) is 5.33. The lowest BCUT2D eigenvalue weighted by Gasteiger charge is -2.28. The van der Waals surface area contributed by atoms with E-state index in [1.807, 2.05) is 12.1 Å². The van der Waals surface area contributed by atoms with E-state index < -0.39 is 0 Å². The molecule has 0 amide bonds. The van der Waals surface area contributed by atoms with Crippen molar-refractivity contribution in [3.8, 4) is 5.75 Å². The van der Waals surface area contributed by atoms with Crippen molar-refractivity contribution >= 4 is 0 Å². The lowest BCUT2D eigenvalue weighted by atomic mass is 9.89. The van der Waals surface area contributed by atoms with Crippen LogP contribution in [0.25, 0.3) is 0 Å². The molecule has 2 unspecified atom stereocenters. The molecule has 1 aliphatic heterocycles. The van der Waals surface area contributed by atoms with Gasteiger partial charge in [0.25, 0.3) is 0 Å². The fourth-order valence-electron chi connectivity index (χ4n) is 2.99. The molecule has 2 atom stereocenters. The molecule has 2 fully saturated rings. The van der Waals surface area contributed by atoms with Gasteiger partial charge in [0, 0.05) is 5.54 Å². The maximum Gasteiger partial charge on any atom is 0.115 e. The molecule has 14 heavy (non-hydrogen) atoms. The molecule has 1 saturated carbocycles. The van der Waals surface area contributed by atoms with Crippen LogP contribution in [-0.2, 0) is 5.54 Å². The van der Waals surface area contributed by atoms with Gasteiger partial charge in [-0.05, 0) is 49.4 Å². The lowest BCUT2D eigenvalue weighted by molar-refractivity contribution is 0.371. The number of piperidine rings is 1. The maximum atomic E-state index is 9.47. The third-order valence-corrected chi connectivity index (χ3v) is 3.74. The van der Waals surface area contributed by atoms with Crippen LogP contribution in [0.4, 0.5) is 0 Å². The summed E-state index contributed by atoms with van der Waals surface area (Å²) in [6.45, 7) is 1.15. The van der Waals surface area contributed by atoms with Crippen LogP contribution >= 0.6 is 0 Å². The largest absolute Gasteiger partial charge is 0.508 e. The molecule has 2 heteroatoms. The molecule has 2 bridgehead atoms. The Morgan fingerprint density at radius 3 is 2.93 bits per heavy atom. The van der Waals surface area contributed by atoms with Crippen LogP contribution in [0.2, 0.25) is 0 Å². The summed E-state index contributed by atoms with van der Waals surface area (Å²) in [7, 11) is 0. The van der Waals surface area contributed by atoms with Crippen LogP contribution in [0.3, 0.4) is 0 Å². The quantitative estimate of drug-likeness (QED) is 0.708. The summed E-state index contributed by atoms with van der Waals surface area (Å²) in [5.41, 5.74) is 1.45. The summed E-state index contributed by atoms with van der Waals surface area (Å²) in [6, 6.07) is 7.70. The van der Waals surface area contributed by atoms with Crippen molar-refractivity contribution in [3.63, 3.8) is 0 Å². The smallest absolute Gasteiger partial charge is 0.115 e. The molecule has 74 valence electrons. The molecule has 0 spiro atoms. The Kier molecular flexibility index (Phi) is 1.62. The van der Waals surface area contributed by atoms with Gasteiger partial charge in [0.15, 0.2) is 0 Å². The van der Waals surface area contributed by atoms with E-state index >= 15 is 0 Å². The van der Waals surface area contributed by atoms with Crippen LogP contribution in [0, 0.1) is 5.92 Å². The second-order valence-electron chi connectivity index (χ2n) is 4.62. The second kappa shape index (κ2) is 2.74. The number of rotatable bonds is 1. The van der Waals surface area contributed by atoms with E-state index in [1.165, 1.54) is 24.8 Å². The van der Waals surface area contributed by atoms with Crippen molar-refractivity contribution in [3.05, 3.63) is 29.8 Å². The first-order chi connectivity index (χ1) is 6.78. The molecule has 1 aliphatic carbocycles. The normalized spacial score (nSPS) is 35.0. The summed E-state index contributed by atoms with van der Waals surface area (Å²) in [4.78, 5) is 0. The number of phenols is 1. The highest BCUT2D eigenvalue weighted by Crippen LogP contribution is 2.46. The highest BCUT2D eigenvalue weighted by molar-refractivity contribution is 5.34. The number of fused-ring (bicyclic) bond motifs is 2. The van der Waals surface area contributed by atoms with E-state index in [2.05, 4.69) is 11.4 Å². The van der Waals surface area contributed by atoms with Gasteiger partial charge < -0.3 is 10.4 Å². The molecule has 0 radical (unpaired) electrons. The highest BCUT2D eigenvalue weighted by Gasteiger charge is 2.45. The number of hydrogen-bond acceptors (Lipinski definition) is 2. The molecule has 2 nitrogen and oxygen atoms in total. The number of hydrogen-bond donors (Lipinski definition) is 2. The predicted octanol–water partition coefficient (Wildman–Crippen LogP) is 1.99. The van der Waals surface area contributed by atoms with Crippen LogP contribution in [0.5, 0.6) is 5.75 Å². The van der Waals surface area contributed by atoms with E-state index in [0.29, 0.717) is 5.75 Å². The Hall–Kier alpha value is -1.02. The molecule has 2 N–H and O–H groups in total. The van der Waals surface area contributed by atoms with E-state index in [0.717, 1.165) is 12.5 Å². The summed E-state index contributed by atoms with van der Waals surface area (Å²) < 4.78 is 0. The molecule has 1 heterocycles. The lowest BCUT2D eigenvalue weighted by Crippen LogP contribution is -2.37. The molecule has 1 saturated heterocycles. The zero-order chi connectivity index (χ0) is 9.60. The zero-order valence-electron chi connectivity index (χ0n) is 8.16. The zero-order valence-corrected chi connectivity index (χ0v) is 8.16. The van der Waals surface area contributed by atoms with E-state index in [-0.39, 0.29) is 5.54 Å². The summed E-state index contributed by atoms with van der Waals surface area (Å²) in [6.07, 6.45) is 3.81. The fraction of sp³-hybridized carbons (Fsp3) is 0.500. The standard InChI is InChI=1S/C12H15NO/c14-11-3-1-2-10(6-11)12-5-4-9(7-12)8-13-12/h1-3,6,9,13-14H,4-5,7-8H2. The van der Waals surface area contributed by atoms with Gasteiger partial charge in [-0.2, -0.15) is 0 Å². The first-order valence-corrected chi connectivity index (χ1v) is 5.33. The first kappa shape index (κ1) is 8.30. The Bertz CT molecular complexity index is 353. The second-order valence-corrected chi connectivity index (χ2v) is 4.62. The summed E-state index contributed by atoms with van der Waals surface area (Å²) in [5, 5.41) is 13.1. The van der Waals surface area contributed by atoms with Crippen molar-refractivity contribution in [2.45, 2.75) is 24.8 Å². The highest BCUT2D eigenvalue weighted by atomic mass is 16.3. The van der Waals surface area contributed by atoms with Crippen molar-refractivity contribution in [1.29, 1.82) is 0 Å². The van der Waals surface area contributed by atoms with Crippen LogP contribution in [0.1, 0.15) is 24.8 Å². The Morgan fingerprint density at radius 2 is 2.36 bits per heavy atom. The minimum Gasteiger partial charge on any atom is -0.508 e. The van der Waals surface area contributed by atoms with Crippen molar-refractivity contribution < 1.29 is 5.11 Å². The topological polar surface area (TPSA) is 32.3 Å². The van der Waals surface area contributed by atoms with Gasteiger partial charge >= 0.3 is 0 Å². The molecular formula is C12H15NO. The Labute approximate surface area is 84.0 Å². The monoisotopic (exact) mass is 189 g/mol. The van der Waals surface area contributed by atoms with E-state index in [4.69, 9.17) is 0 Å². The number of aromatic hydroxyl groups is 1. The minimum atomic E-state index is 0.184. The Morgan fingerprint density at radius 1 is 1.43 bits per heavy atom. The average molecular weight is 189 g/mol. The number of nitrogens with one attached hydrogen (secondary N) is 1. The SMILES string of the molecule is Oc1cccc(C23CCC(CN2)C3)c1. The van der Waals surface area contributed by atoms with Gasteiger partial charge in [-0.25, -0.2) is 0 Å². The van der Waals surface area contributed by atoms with Crippen LogP contribution in [0.15, 0.2) is 24.3 Å². The van der Waals surface area contributed by atoms with Crippen LogP contribution < -0.4 is 5.32 Å². The van der Waals surface area contributed by atoms with Gasteiger partial charge in [0.1, 0.15) is 5.75 Å². The number of phenolic OH excluding ortho intramolecular Hbond substituents is 1. The molecule has 2 aliphatic rings. The Balaban J connectivity index is 2.02. The van der Waals surface area contributed by atoms with Crippen molar-refractivity contribution in [2.24, 2.45) is 5.92 Å². The van der Waals surface area contributed by atoms with Gasteiger partial charge in [-0.15, -0.1) is 0 Å². The van der Waals surface area contributed by atoms with Crippen molar-refractivity contribution in [1.82, 2.24) is 5.32 Å². The third-order valence-electron chi connectivity index (χ3n) is 3.74. The van der Waals surface area contributed by atoms with Gasteiger partial charge in [-0.1, -0.05) is 12.1 Å². The summed E-state index contributed by atoms with van der Waals surface area (Å²) >= 11 is 0. The van der Waals surface area contributed by atoms with Gasteiger partial charge in [0.2, 0.25) is 0 Å². The fourth-order valence-corrected chi connectivity index (χ4v) is 2.99. The average Bonchev–Trinajstić information content (AvgIpc) is 2.78. The predicted molar refractivity (Wildman–Crippen MR) is 55.1 cm³/mol. The molecule has 0 aromatic heterocycles. The molecule has 1 aromatic rings.